The fourth-order valence-corrected chi connectivity index (χ4v) is 1.89. The van der Waals surface area contributed by atoms with Gasteiger partial charge in [0.05, 0.1) is 6.04 Å². The Kier molecular flexibility index (Phi) is 3.96. The van der Waals surface area contributed by atoms with Gasteiger partial charge in [-0.3, -0.25) is 4.79 Å². The Labute approximate surface area is 91.5 Å². The van der Waals surface area contributed by atoms with Crippen molar-refractivity contribution in [3.05, 3.63) is 12.7 Å². The van der Waals surface area contributed by atoms with Crippen molar-refractivity contribution >= 4 is 5.91 Å². The van der Waals surface area contributed by atoms with E-state index in [0.29, 0.717) is 12.8 Å². The van der Waals surface area contributed by atoms with Gasteiger partial charge < -0.3 is 10.0 Å². The van der Waals surface area contributed by atoms with E-state index in [1.54, 1.807) is 0 Å². The maximum absolute atomic E-state index is 12.4. The van der Waals surface area contributed by atoms with Gasteiger partial charge in [0, 0.05) is 6.54 Å². The van der Waals surface area contributed by atoms with Gasteiger partial charge in [0.25, 0.3) is 0 Å². The van der Waals surface area contributed by atoms with Crippen molar-refractivity contribution in [2.24, 2.45) is 0 Å². The Morgan fingerprint density at radius 1 is 1.50 bits per heavy atom. The average molecular weight is 237 g/mol. The summed E-state index contributed by atoms with van der Waals surface area (Å²) in [5.74, 6) is -0.562. The number of aliphatic hydroxyl groups excluding tert-OH is 1. The fourth-order valence-electron chi connectivity index (χ4n) is 1.89. The second-order valence-electron chi connectivity index (χ2n) is 3.79. The quantitative estimate of drug-likeness (QED) is 0.739. The summed E-state index contributed by atoms with van der Waals surface area (Å²) in [4.78, 5) is 12.4. The van der Waals surface area contributed by atoms with E-state index in [0.717, 1.165) is 11.0 Å². The average Bonchev–Trinajstić information content (AvgIpc) is 2.25. The number of aliphatic hydroxyl groups is 1. The van der Waals surface area contributed by atoms with Crippen LogP contribution in [0, 0.1) is 0 Å². The molecule has 0 radical (unpaired) electrons. The molecule has 0 saturated carbocycles. The molecule has 0 aliphatic carbocycles. The Morgan fingerprint density at radius 2 is 2.12 bits per heavy atom. The fraction of sp³-hybridized carbons (Fsp3) is 0.700. The minimum absolute atomic E-state index is 0.167. The third-order valence-electron chi connectivity index (χ3n) is 2.71. The van der Waals surface area contributed by atoms with E-state index in [9.17, 15) is 23.1 Å². The van der Waals surface area contributed by atoms with Gasteiger partial charge in [0.15, 0.2) is 6.10 Å². The monoisotopic (exact) mass is 237 g/mol. The van der Waals surface area contributed by atoms with E-state index in [-0.39, 0.29) is 13.0 Å². The lowest BCUT2D eigenvalue weighted by molar-refractivity contribution is -0.223. The van der Waals surface area contributed by atoms with Gasteiger partial charge in [-0.15, -0.1) is 0 Å². The molecule has 2 unspecified atom stereocenters. The van der Waals surface area contributed by atoms with Gasteiger partial charge >= 0.3 is 6.18 Å². The molecule has 0 aromatic carbocycles. The zero-order chi connectivity index (χ0) is 12.3. The van der Waals surface area contributed by atoms with Gasteiger partial charge in [-0.05, 0) is 25.3 Å². The number of rotatable bonds is 2. The molecule has 92 valence electrons. The van der Waals surface area contributed by atoms with E-state index in [1.165, 1.54) is 0 Å². The molecule has 1 fully saturated rings. The molecule has 1 rings (SSSR count). The van der Waals surface area contributed by atoms with Crippen LogP contribution in [0.4, 0.5) is 13.2 Å². The van der Waals surface area contributed by atoms with Crippen LogP contribution in [-0.4, -0.2) is 40.8 Å². The highest BCUT2D eigenvalue weighted by Crippen LogP contribution is 2.30. The minimum Gasteiger partial charge on any atom is -0.382 e. The van der Waals surface area contributed by atoms with Crippen LogP contribution in [0.5, 0.6) is 0 Å². The van der Waals surface area contributed by atoms with Crippen molar-refractivity contribution in [2.45, 2.75) is 37.6 Å². The van der Waals surface area contributed by atoms with Crippen molar-refractivity contribution in [3.8, 4) is 0 Å². The van der Waals surface area contributed by atoms with Gasteiger partial charge in [0.1, 0.15) is 0 Å². The number of nitrogens with zero attached hydrogens (tertiary/aromatic N) is 1. The third-order valence-corrected chi connectivity index (χ3v) is 2.71. The molecule has 0 spiro atoms. The highest BCUT2D eigenvalue weighted by atomic mass is 19.4. The number of halogens is 3. The summed E-state index contributed by atoms with van der Waals surface area (Å²) in [6.07, 6.45) is -4.79. The molecule has 1 saturated heterocycles. The maximum atomic E-state index is 12.4. The summed E-state index contributed by atoms with van der Waals surface area (Å²) < 4.78 is 37.1. The molecule has 1 N–H and O–H groups in total. The second-order valence-corrected chi connectivity index (χ2v) is 3.79. The van der Waals surface area contributed by atoms with E-state index >= 15 is 0 Å². The maximum Gasteiger partial charge on any atom is 0.416 e. The molecule has 16 heavy (non-hydrogen) atoms. The summed E-state index contributed by atoms with van der Waals surface area (Å²) in [6, 6.07) is -1.18. The number of alkyl halides is 3. The van der Waals surface area contributed by atoms with Crippen LogP contribution in [-0.2, 0) is 4.79 Å². The standard InChI is InChI=1S/C10H14F3NO2/c1-2-8(15)14-6-4-3-5-7(14)9(16)10(11,12)13/h2,7,9,16H,1,3-6H2. The van der Waals surface area contributed by atoms with E-state index < -0.39 is 24.2 Å². The zero-order valence-electron chi connectivity index (χ0n) is 8.70. The van der Waals surface area contributed by atoms with Crippen molar-refractivity contribution < 1.29 is 23.1 Å². The van der Waals surface area contributed by atoms with Crippen molar-refractivity contribution in [1.29, 1.82) is 0 Å². The molecule has 0 bridgehead atoms. The SMILES string of the molecule is C=CC(=O)N1CCCCC1C(O)C(F)(F)F. The molecule has 3 nitrogen and oxygen atoms in total. The minimum atomic E-state index is -4.69. The molecular weight excluding hydrogens is 223 g/mol. The number of carbonyl (C=O) groups is 1. The second kappa shape index (κ2) is 4.86. The van der Waals surface area contributed by atoms with Crippen molar-refractivity contribution in [3.63, 3.8) is 0 Å². The van der Waals surface area contributed by atoms with Crippen LogP contribution >= 0.6 is 0 Å². The summed E-state index contributed by atoms with van der Waals surface area (Å²) >= 11 is 0. The highest BCUT2D eigenvalue weighted by molar-refractivity contribution is 5.87. The Hall–Kier alpha value is -1.04. The van der Waals surface area contributed by atoms with Gasteiger partial charge in [-0.1, -0.05) is 6.58 Å². The summed E-state index contributed by atoms with van der Waals surface area (Å²) in [5, 5.41) is 9.17. The number of likely N-dealkylation sites (tertiary alicyclic amines) is 1. The summed E-state index contributed by atoms with van der Waals surface area (Å²) in [6.45, 7) is 3.48. The Morgan fingerprint density at radius 3 is 2.62 bits per heavy atom. The molecule has 1 aliphatic heterocycles. The van der Waals surface area contributed by atoms with E-state index in [4.69, 9.17) is 0 Å². The van der Waals surface area contributed by atoms with Crippen LogP contribution in [0.2, 0.25) is 0 Å². The molecule has 6 heteroatoms. The van der Waals surface area contributed by atoms with Gasteiger partial charge in [0.2, 0.25) is 5.91 Å². The first kappa shape index (κ1) is 13.0. The normalized spacial score (nSPS) is 24.0. The lowest BCUT2D eigenvalue weighted by Crippen LogP contribution is -2.54. The molecule has 0 aromatic heterocycles. The Bertz CT molecular complexity index is 278. The first-order chi connectivity index (χ1) is 7.38. The predicted molar refractivity (Wildman–Crippen MR) is 51.6 cm³/mol. The van der Waals surface area contributed by atoms with Crippen molar-refractivity contribution in [2.75, 3.05) is 6.54 Å². The van der Waals surface area contributed by atoms with Crippen LogP contribution in [0.3, 0.4) is 0 Å². The largest absolute Gasteiger partial charge is 0.416 e. The number of amides is 1. The van der Waals surface area contributed by atoms with Crippen LogP contribution < -0.4 is 0 Å². The van der Waals surface area contributed by atoms with Crippen LogP contribution in [0.15, 0.2) is 12.7 Å². The number of hydrogen-bond donors (Lipinski definition) is 1. The summed E-state index contributed by atoms with van der Waals surface area (Å²) in [5.41, 5.74) is 0. The van der Waals surface area contributed by atoms with Crippen LogP contribution in [0.25, 0.3) is 0 Å². The molecule has 1 amide bonds. The molecular formula is C10H14F3NO2. The van der Waals surface area contributed by atoms with Crippen LogP contribution in [0.1, 0.15) is 19.3 Å². The van der Waals surface area contributed by atoms with Crippen molar-refractivity contribution in [1.82, 2.24) is 4.90 Å². The molecule has 2 atom stereocenters. The molecule has 1 heterocycles. The predicted octanol–water partition coefficient (Wildman–Crippen LogP) is 1.48. The zero-order valence-corrected chi connectivity index (χ0v) is 8.70. The first-order valence-corrected chi connectivity index (χ1v) is 5.05. The lowest BCUT2D eigenvalue weighted by atomic mass is 9.97. The topological polar surface area (TPSA) is 40.5 Å². The third kappa shape index (κ3) is 2.75. The van der Waals surface area contributed by atoms with E-state index in [2.05, 4.69) is 6.58 Å². The van der Waals surface area contributed by atoms with Gasteiger partial charge in [-0.2, -0.15) is 13.2 Å². The van der Waals surface area contributed by atoms with Gasteiger partial charge in [-0.25, -0.2) is 0 Å². The number of hydrogen-bond acceptors (Lipinski definition) is 2. The number of carbonyl (C=O) groups excluding carboxylic acids is 1. The molecule has 1 aliphatic rings. The smallest absolute Gasteiger partial charge is 0.382 e. The highest BCUT2D eigenvalue weighted by Gasteiger charge is 2.46. The first-order valence-electron chi connectivity index (χ1n) is 5.05. The summed E-state index contributed by atoms with van der Waals surface area (Å²) in [7, 11) is 0. The van der Waals surface area contributed by atoms with E-state index in [1.807, 2.05) is 0 Å². The lowest BCUT2D eigenvalue weighted by Gasteiger charge is -2.38. The Balaban J connectivity index is 2.82. The number of piperidine rings is 1. The molecule has 0 aromatic rings.